The number of Topliss-reactive ketones (excluding diaryl/α,β-unsaturated/α-hetero) is 1. The first-order valence-electron chi connectivity index (χ1n) is 20.9. The molecule has 2 aromatic carbocycles. The van der Waals surface area contributed by atoms with Crippen LogP contribution in [0.25, 0.3) is 0 Å². The number of hydrogen-bond donors (Lipinski definition) is 8. The maximum atomic E-state index is 13.8. The van der Waals surface area contributed by atoms with E-state index in [4.69, 9.17) is 32.9 Å². The molecule has 0 aliphatic heterocycles. The third-order valence-electron chi connectivity index (χ3n) is 10.2. The molecular formula is C44H66ClN7O9. The van der Waals surface area contributed by atoms with Crippen LogP contribution in [0.15, 0.2) is 48.5 Å². The minimum absolute atomic E-state index is 0.0124. The predicted octanol–water partition coefficient (Wildman–Crippen LogP) is 3.91. The topological polar surface area (TPSA) is 258 Å². The van der Waals surface area contributed by atoms with Gasteiger partial charge in [0.05, 0.1) is 12.7 Å². The van der Waals surface area contributed by atoms with E-state index in [-0.39, 0.29) is 66.8 Å². The molecule has 0 saturated carbocycles. The zero-order valence-electron chi connectivity index (χ0n) is 36.1. The molecule has 0 aliphatic carbocycles. The Morgan fingerprint density at radius 3 is 2.16 bits per heavy atom. The summed E-state index contributed by atoms with van der Waals surface area (Å²) in [6.07, 6.45) is -1.81. The van der Waals surface area contributed by atoms with Gasteiger partial charge in [-0.25, -0.2) is 14.8 Å². The van der Waals surface area contributed by atoms with Crippen molar-refractivity contribution in [1.29, 1.82) is 0 Å². The molecule has 2 amide bonds. The van der Waals surface area contributed by atoms with Crippen molar-refractivity contribution in [2.45, 2.75) is 116 Å². The van der Waals surface area contributed by atoms with Crippen LogP contribution in [-0.4, -0.2) is 132 Å². The van der Waals surface area contributed by atoms with Gasteiger partial charge in [-0.05, 0) is 82.7 Å². The van der Waals surface area contributed by atoms with E-state index in [0.717, 1.165) is 42.4 Å². The Bertz CT molecular complexity index is 1850. The van der Waals surface area contributed by atoms with Gasteiger partial charge in [0.15, 0.2) is 28.3 Å². The van der Waals surface area contributed by atoms with Crippen molar-refractivity contribution in [3.05, 3.63) is 81.6 Å². The number of nitrogens with zero attached hydrogens (tertiary/aromatic N) is 4. The van der Waals surface area contributed by atoms with Gasteiger partial charge in [-0.3, -0.25) is 9.59 Å². The van der Waals surface area contributed by atoms with Gasteiger partial charge in [0.2, 0.25) is 0 Å². The third-order valence-corrected chi connectivity index (χ3v) is 10.5. The summed E-state index contributed by atoms with van der Waals surface area (Å²) >= 11 is 6.03. The van der Waals surface area contributed by atoms with Crippen LogP contribution in [0.4, 0.5) is 16.4 Å². The molecule has 5 atom stereocenters. The van der Waals surface area contributed by atoms with Crippen molar-refractivity contribution in [2.75, 3.05) is 50.8 Å². The van der Waals surface area contributed by atoms with Crippen LogP contribution in [-0.2, 0) is 17.7 Å². The molecule has 1 heterocycles. The second-order valence-corrected chi connectivity index (χ2v) is 16.9. The van der Waals surface area contributed by atoms with E-state index >= 15 is 0 Å². The summed E-state index contributed by atoms with van der Waals surface area (Å²) in [5.41, 5.74) is 14.0. The van der Waals surface area contributed by atoms with Crippen molar-refractivity contribution < 1.29 is 44.7 Å². The molecule has 0 bridgehead atoms. The molecule has 10 N–H and O–H groups in total. The molecule has 3 rings (SSSR count). The number of ketones is 1. The number of anilines is 2. The number of nitrogens with two attached hydrogens (primary N) is 2. The first-order valence-corrected chi connectivity index (χ1v) is 21.3. The number of aliphatic hydroxyl groups is 5. The Morgan fingerprint density at radius 1 is 0.869 bits per heavy atom. The monoisotopic (exact) mass is 871 g/mol. The second kappa shape index (κ2) is 24.9. The molecule has 0 fully saturated rings. The molecule has 3 aromatic rings. The lowest BCUT2D eigenvalue weighted by atomic mass is 9.95. The van der Waals surface area contributed by atoms with Gasteiger partial charge in [-0.2, -0.15) is 0 Å². The molecule has 0 saturated heterocycles. The van der Waals surface area contributed by atoms with E-state index < -0.39 is 48.6 Å². The largest absolute Gasteiger partial charge is 0.444 e. The predicted molar refractivity (Wildman–Crippen MR) is 235 cm³/mol. The van der Waals surface area contributed by atoms with E-state index in [1.165, 1.54) is 0 Å². The Hall–Kier alpha value is -4.42. The molecule has 0 spiro atoms. The maximum absolute atomic E-state index is 13.8. The number of aryl methyl sites for hydroxylation is 1. The fraction of sp³-hybridized carbons (Fsp3) is 0.568. The van der Waals surface area contributed by atoms with E-state index in [9.17, 15) is 34.8 Å². The summed E-state index contributed by atoms with van der Waals surface area (Å²) < 4.78 is 5.83. The Morgan fingerprint density at radius 2 is 1.52 bits per heavy atom. The molecule has 0 aliphatic rings. The van der Waals surface area contributed by atoms with E-state index in [1.54, 1.807) is 49.9 Å². The van der Waals surface area contributed by atoms with Crippen molar-refractivity contribution in [1.82, 2.24) is 25.1 Å². The van der Waals surface area contributed by atoms with Crippen molar-refractivity contribution >= 4 is 41.0 Å². The Labute approximate surface area is 364 Å². The molecule has 0 radical (unpaired) electrons. The summed E-state index contributed by atoms with van der Waals surface area (Å²) in [5, 5.41) is 52.7. The van der Waals surface area contributed by atoms with E-state index in [1.807, 2.05) is 36.1 Å². The van der Waals surface area contributed by atoms with Crippen LogP contribution in [0.5, 0.6) is 0 Å². The van der Waals surface area contributed by atoms with Gasteiger partial charge >= 0.3 is 6.09 Å². The van der Waals surface area contributed by atoms with Crippen LogP contribution in [0, 0.1) is 12.8 Å². The first kappa shape index (κ1) is 50.9. The molecule has 61 heavy (non-hydrogen) atoms. The number of carbonyl (C=O) groups is 3. The number of nitrogens with one attached hydrogen (secondary N) is 1. The number of carbonyl (C=O) groups excluding carboxylic acids is 3. The van der Waals surface area contributed by atoms with Gasteiger partial charge in [-0.15, -0.1) is 0 Å². The van der Waals surface area contributed by atoms with E-state index in [2.05, 4.69) is 22.2 Å². The fourth-order valence-corrected chi connectivity index (χ4v) is 6.87. The number of ether oxygens (including phenoxy) is 1. The molecule has 1 aromatic heterocycles. The number of amides is 2. The summed E-state index contributed by atoms with van der Waals surface area (Å²) in [6, 6.07) is 14.9. The molecule has 0 unspecified atom stereocenters. The van der Waals surface area contributed by atoms with Gasteiger partial charge < -0.3 is 56.9 Å². The number of aliphatic hydroxyl groups excluding tert-OH is 5. The van der Waals surface area contributed by atoms with Crippen molar-refractivity contribution in [3.8, 4) is 0 Å². The summed E-state index contributed by atoms with van der Waals surface area (Å²) in [7, 11) is 0. The second-order valence-electron chi connectivity index (χ2n) is 16.6. The summed E-state index contributed by atoms with van der Waals surface area (Å²) in [5.74, 6) is -1.26. The number of nitrogen functional groups attached to an aromatic ring is 2. The van der Waals surface area contributed by atoms with Crippen LogP contribution in [0.2, 0.25) is 5.15 Å². The van der Waals surface area contributed by atoms with Crippen molar-refractivity contribution in [2.24, 2.45) is 5.92 Å². The zero-order valence-corrected chi connectivity index (χ0v) is 36.9. The number of benzene rings is 2. The highest BCUT2D eigenvalue weighted by Crippen LogP contribution is 2.21. The fourth-order valence-electron chi connectivity index (χ4n) is 6.74. The summed E-state index contributed by atoms with van der Waals surface area (Å²) in [4.78, 5) is 51.8. The minimum Gasteiger partial charge on any atom is -0.444 e. The standard InChI is InChI=1S/C44H66ClN7O9/c1-6-7-8-11-20-51(26-34(55)37(57)38(58)35(56)27-53)21-12-15-33(54)31-18-16-29(17-19-31)24-52(43(60)61-44(3,4)5)25-30(22-32-14-10-9-13-28(32)2)23-48-42(59)36-40(46)50-41(47)39(45)49-36/h9-10,13-14,16-19,30,34-35,37-38,53,55-58H,6-8,11-12,15,20-27H2,1-5H3,(H,48,59)(H4,46,47,50)/t30-,34+,35+,37+,38+/m0/s1. The van der Waals surface area contributed by atoms with Crippen LogP contribution >= 0.6 is 11.6 Å². The molecule has 17 heteroatoms. The average molecular weight is 873 g/mol. The lowest BCUT2D eigenvalue weighted by Crippen LogP contribution is -2.50. The summed E-state index contributed by atoms with van der Waals surface area (Å²) in [6.45, 7) is 10.2. The number of aromatic nitrogens is 2. The highest BCUT2D eigenvalue weighted by atomic mass is 35.5. The van der Waals surface area contributed by atoms with Gasteiger partial charge in [0.25, 0.3) is 5.91 Å². The van der Waals surface area contributed by atoms with Crippen LogP contribution in [0.1, 0.15) is 104 Å². The van der Waals surface area contributed by atoms with E-state index in [0.29, 0.717) is 31.5 Å². The third kappa shape index (κ3) is 17.1. The maximum Gasteiger partial charge on any atom is 0.410 e. The van der Waals surface area contributed by atoms with Crippen LogP contribution in [0.3, 0.4) is 0 Å². The number of unbranched alkanes of at least 4 members (excludes halogenated alkanes) is 3. The smallest absolute Gasteiger partial charge is 0.410 e. The first-order chi connectivity index (χ1) is 28.8. The molecule has 16 nitrogen and oxygen atoms in total. The minimum atomic E-state index is -1.71. The lowest BCUT2D eigenvalue weighted by Gasteiger charge is -2.31. The molecule has 338 valence electrons. The van der Waals surface area contributed by atoms with Crippen LogP contribution < -0.4 is 16.8 Å². The quantitative estimate of drug-likeness (QED) is 0.0444. The number of rotatable bonds is 25. The Kier molecular flexibility index (Phi) is 20.8. The van der Waals surface area contributed by atoms with Gasteiger partial charge in [0.1, 0.15) is 23.9 Å². The highest BCUT2D eigenvalue weighted by Gasteiger charge is 2.31. The average Bonchev–Trinajstić information content (AvgIpc) is 3.21. The van der Waals surface area contributed by atoms with Gasteiger partial charge in [-0.1, -0.05) is 86.3 Å². The normalized spacial score (nSPS) is 14.2. The number of hydrogen-bond acceptors (Lipinski definition) is 14. The molecular weight excluding hydrogens is 806 g/mol. The highest BCUT2D eigenvalue weighted by molar-refractivity contribution is 6.31. The Balaban J connectivity index is 1.74. The van der Waals surface area contributed by atoms with Gasteiger partial charge in [0, 0.05) is 38.2 Å². The lowest BCUT2D eigenvalue weighted by molar-refractivity contribution is -0.119. The SMILES string of the molecule is CCCCCCN(CCCC(=O)c1ccc(CN(C[C@H](CNC(=O)c2nc(Cl)c(N)nc2N)Cc2ccccc2C)C(=O)OC(C)(C)C)cc1)C[C@@H](O)[C@@H](O)[C@H](O)[C@H](O)CO. The zero-order chi connectivity index (χ0) is 45.3. The van der Waals surface area contributed by atoms with Crippen molar-refractivity contribution in [3.63, 3.8) is 0 Å². The number of halogens is 1.